The van der Waals surface area contributed by atoms with Gasteiger partial charge in [-0.05, 0) is 50.1 Å². The number of thiazole rings is 1. The van der Waals surface area contributed by atoms with Crippen LogP contribution in [-0.4, -0.2) is 66.4 Å². The fraction of sp³-hybridized carbons (Fsp3) is 0.265. The van der Waals surface area contributed by atoms with Crippen molar-refractivity contribution in [3.05, 3.63) is 125 Å². The first-order valence-electron chi connectivity index (χ1n) is 14.9. The predicted octanol–water partition coefficient (Wildman–Crippen LogP) is 4.32. The Morgan fingerprint density at radius 2 is 1.80 bits per heavy atom. The molecule has 6 rings (SSSR count). The van der Waals surface area contributed by atoms with E-state index in [1.54, 1.807) is 35.4 Å². The van der Waals surface area contributed by atoms with E-state index >= 15 is 0 Å². The van der Waals surface area contributed by atoms with Gasteiger partial charge in [0.25, 0.3) is 11.2 Å². The lowest BCUT2D eigenvalue weighted by atomic mass is 9.93. The van der Waals surface area contributed by atoms with E-state index in [9.17, 15) is 19.7 Å². The van der Waals surface area contributed by atoms with Gasteiger partial charge in [0.1, 0.15) is 0 Å². The third-order valence-corrected chi connectivity index (χ3v) is 9.88. The second-order valence-corrected chi connectivity index (χ2v) is 12.9. The number of aromatic nitrogens is 1. The molecule has 46 heavy (non-hydrogen) atoms. The van der Waals surface area contributed by atoms with Crippen molar-refractivity contribution in [1.82, 2.24) is 9.47 Å². The molecule has 0 spiro atoms. The number of hydrogen-bond donors (Lipinski definition) is 0. The summed E-state index contributed by atoms with van der Waals surface area (Å²) in [7, 11) is 2.06. The first-order valence-corrected chi connectivity index (χ1v) is 17.0. The van der Waals surface area contributed by atoms with Gasteiger partial charge in [-0.15, -0.1) is 11.8 Å². The number of nitro groups is 1. The van der Waals surface area contributed by atoms with E-state index in [1.165, 1.54) is 23.5 Å². The predicted molar refractivity (Wildman–Crippen MR) is 182 cm³/mol. The molecule has 4 aromatic rings. The smallest absolute Gasteiger partial charge is 0.338 e. The van der Waals surface area contributed by atoms with Gasteiger partial charge in [0.2, 0.25) is 0 Å². The first-order chi connectivity index (χ1) is 22.3. The zero-order chi connectivity index (χ0) is 32.4. The van der Waals surface area contributed by atoms with Crippen LogP contribution in [0.2, 0.25) is 0 Å². The molecule has 12 heteroatoms. The number of carbonyl (C=O) groups excluding carboxylic acids is 1. The van der Waals surface area contributed by atoms with Gasteiger partial charge in [-0.3, -0.25) is 19.5 Å². The number of hydrogen-bond acceptors (Lipinski definition) is 10. The molecule has 236 valence electrons. The van der Waals surface area contributed by atoms with Crippen LogP contribution in [0, 0.1) is 10.1 Å². The molecule has 0 saturated carbocycles. The van der Waals surface area contributed by atoms with Crippen LogP contribution in [0.1, 0.15) is 29.7 Å². The van der Waals surface area contributed by atoms with Gasteiger partial charge in [0.15, 0.2) is 4.80 Å². The van der Waals surface area contributed by atoms with Gasteiger partial charge in [-0.2, -0.15) is 0 Å². The molecule has 1 aromatic heterocycles. The van der Waals surface area contributed by atoms with Crippen molar-refractivity contribution in [1.29, 1.82) is 0 Å². The second kappa shape index (κ2) is 13.5. The summed E-state index contributed by atoms with van der Waals surface area (Å²) in [6.07, 6.45) is 3.70. The van der Waals surface area contributed by atoms with Crippen molar-refractivity contribution < 1.29 is 14.5 Å². The maximum atomic E-state index is 14.4. The maximum absolute atomic E-state index is 14.4. The SMILES string of the molecule is CCOC(=O)C1=C(c2ccccc2)N=c2s/c(=C/c3cc([N+](=O)[O-])ccc3N3CCN(C)CC3)c(=O)n2C1c1ccc(SC)cc1. The Morgan fingerprint density at radius 3 is 2.46 bits per heavy atom. The number of rotatable bonds is 8. The number of non-ortho nitro benzene ring substituents is 1. The van der Waals surface area contributed by atoms with E-state index in [-0.39, 0.29) is 23.4 Å². The summed E-state index contributed by atoms with van der Waals surface area (Å²) >= 11 is 2.80. The summed E-state index contributed by atoms with van der Waals surface area (Å²) in [5.74, 6) is -0.547. The zero-order valence-electron chi connectivity index (χ0n) is 25.7. The van der Waals surface area contributed by atoms with Crippen LogP contribution >= 0.6 is 23.1 Å². The van der Waals surface area contributed by atoms with E-state index < -0.39 is 16.9 Å². The Kier molecular flexibility index (Phi) is 9.20. The van der Waals surface area contributed by atoms with E-state index in [0.29, 0.717) is 20.6 Å². The Hall–Kier alpha value is -4.52. The lowest BCUT2D eigenvalue weighted by Crippen LogP contribution is -2.44. The molecule has 1 saturated heterocycles. The van der Waals surface area contributed by atoms with Crippen molar-refractivity contribution in [3.63, 3.8) is 0 Å². The summed E-state index contributed by atoms with van der Waals surface area (Å²) in [6.45, 7) is 5.13. The third kappa shape index (κ3) is 6.15. The van der Waals surface area contributed by atoms with Crippen LogP contribution in [0.3, 0.4) is 0 Å². The highest BCUT2D eigenvalue weighted by molar-refractivity contribution is 7.98. The lowest BCUT2D eigenvalue weighted by Gasteiger charge is -2.34. The standard InChI is InChI=1S/C34H33N5O5S2/c1-4-44-33(41)29-30(22-8-6-5-7-9-22)35-34-38(31(29)23-10-13-26(45-3)14-11-23)32(40)28(46-34)21-24-20-25(39(42)43)12-15-27(24)37-18-16-36(2)17-19-37/h5-15,20-21,31H,4,16-19H2,1-3H3/b28-21+. The van der Waals surface area contributed by atoms with Crippen LogP contribution < -0.4 is 19.8 Å². The summed E-state index contributed by atoms with van der Waals surface area (Å²) in [5, 5.41) is 11.8. The minimum Gasteiger partial charge on any atom is -0.463 e. The third-order valence-electron chi connectivity index (χ3n) is 8.16. The van der Waals surface area contributed by atoms with E-state index in [1.807, 2.05) is 60.9 Å². The highest BCUT2D eigenvalue weighted by Crippen LogP contribution is 2.36. The molecular weight excluding hydrogens is 623 g/mol. The number of carbonyl (C=O) groups is 1. The average Bonchev–Trinajstić information content (AvgIpc) is 3.38. The molecule has 1 unspecified atom stereocenters. The Bertz CT molecular complexity index is 2000. The van der Waals surface area contributed by atoms with Gasteiger partial charge in [0, 0.05) is 60.0 Å². The topological polar surface area (TPSA) is 110 Å². The number of nitrogens with zero attached hydrogens (tertiary/aromatic N) is 5. The van der Waals surface area contributed by atoms with Gasteiger partial charge < -0.3 is 14.5 Å². The minimum absolute atomic E-state index is 0.0559. The normalized spacial score (nSPS) is 17.1. The highest BCUT2D eigenvalue weighted by atomic mass is 32.2. The quantitative estimate of drug-likeness (QED) is 0.120. The number of piperazine rings is 1. The number of ether oxygens (including phenoxy) is 1. The maximum Gasteiger partial charge on any atom is 0.338 e. The largest absolute Gasteiger partial charge is 0.463 e. The molecule has 0 aliphatic carbocycles. The first kappa shape index (κ1) is 31.5. The van der Waals surface area contributed by atoms with Crippen LogP contribution in [-0.2, 0) is 9.53 Å². The molecule has 3 heterocycles. The average molecular weight is 656 g/mol. The summed E-state index contributed by atoms with van der Waals surface area (Å²) in [6, 6.07) is 21.2. The number of anilines is 1. The summed E-state index contributed by atoms with van der Waals surface area (Å²) in [4.78, 5) is 50.3. The number of likely N-dealkylation sites (N-methyl/N-ethyl adjacent to an activating group) is 1. The van der Waals surface area contributed by atoms with Gasteiger partial charge in [-0.1, -0.05) is 53.8 Å². The second-order valence-electron chi connectivity index (χ2n) is 11.0. The van der Waals surface area contributed by atoms with Crippen LogP contribution in [0.4, 0.5) is 11.4 Å². The molecular formula is C34H33N5O5S2. The molecule has 0 bridgehead atoms. The van der Waals surface area contributed by atoms with Crippen molar-refractivity contribution in [2.75, 3.05) is 51.0 Å². The van der Waals surface area contributed by atoms with Crippen LogP contribution in [0.15, 0.2) is 93.1 Å². The number of fused-ring (bicyclic) bond motifs is 1. The Labute approximate surface area is 274 Å². The molecule has 0 radical (unpaired) electrons. The minimum atomic E-state index is -0.800. The van der Waals surface area contributed by atoms with E-state index in [0.717, 1.165) is 47.9 Å². The Balaban J connectivity index is 1.60. The lowest BCUT2D eigenvalue weighted by molar-refractivity contribution is -0.384. The van der Waals surface area contributed by atoms with Gasteiger partial charge >= 0.3 is 5.97 Å². The Morgan fingerprint density at radius 1 is 1.09 bits per heavy atom. The van der Waals surface area contributed by atoms with Crippen molar-refractivity contribution in [2.45, 2.75) is 17.9 Å². The fourth-order valence-corrected chi connectivity index (χ4v) is 7.19. The van der Waals surface area contributed by atoms with E-state index in [2.05, 4.69) is 16.8 Å². The van der Waals surface area contributed by atoms with Crippen molar-refractivity contribution >= 4 is 52.2 Å². The number of nitro benzene ring substituents is 1. The molecule has 0 amide bonds. The molecule has 2 aliphatic heterocycles. The van der Waals surface area contributed by atoms with Gasteiger partial charge in [0.05, 0.1) is 33.4 Å². The molecule has 0 N–H and O–H groups in total. The molecule has 3 aromatic carbocycles. The molecule has 1 fully saturated rings. The van der Waals surface area contributed by atoms with Crippen molar-refractivity contribution in [3.8, 4) is 0 Å². The highest BCUT2D eigenvalue weighted by Gasteiger charge is 2.35. The summed E-state index contributed by atoms with van der Waals surface area (Å²) in [5.41, 5.74) is 3.20. The molecule has 2 aliphatic rings. The summed E-state index contributed by atoms with van der Waals surface area (Å²) < 4.78 is 7.47. The number of benzene rings is 3. The van der Waals surface area contributed by atoms with E-state index in [4.69, 9.17) is 9.73 Å². The number of thioether (sulfide) groups is 1. The van der Waals surface area contributed by atoms with Gasteiger partial charge in [-0.25, -0.2) is 9.79 Å². The monoisotopic (exact) mass is 655 g/mol. The fourth-order valence-electron chi connectivity index (χ4n) is 5.79. The van der Waals surface area contributed by atoms with Crippen LogP contribution in [0.25, 0.3) is 11.8 Å². The molecule has 10 nitrogen and oxygen atoms in total. The van der Waals surface area contributed by atoms with Crippen molar-refractivity contribution in [2.24, 2.45) is 4.99 Å². The zero-order valence-corrected chi connectivity index (χ0v) is 27.3. The number of esters is 1. The van der Waals surface area contributed by atoms with Crippen LogP contribution in [0.5, 0.6) is 0 Å². The molecule has 1 atom stereocenters.